The topological polar surface area (TPSA) is 74.2 Å². The van der Waals surface area contributed by atoms with E-state index in [0.717, 1.165) is 5.69 Å². The second kappa shape index (κ2) is 5.22. The molecular formula is C12H11N3O3. The standard InChI is InChI=1S/C12H11N3O3/c1-8-3-4-9(5-14-8)18-11-7-13-6-10(15-11)12(16)17-2/h3-7H,1-2H3. The van der Waals surface area contributed by atoms with Crippen molar-refractivity contribution < 1.29 is 14.3 Å². The molecule has 0 amide bonds. The molecule has 0 aromatic carbocycles. The first kappa shape index (κ1) is 12.0. The van der Waals surface area contributed by atoms with Gasteiger partial charge < -0.3 is 9.47 Å². The first-order valence-electron chi connectivity index (χ1n) is 5.20. The lowest BCUT2D eigenvalue weighted by molar-refractivity contribution is 0.0592. The molecule has 0 N–H and O–H groups in total. The van der Waals surface area contributed by atoms with Crippen LogP contribution in [0, 0.1) is 6.92 Å². The Balaban J connectivity index is 2.19. The van der Waals surface area contributed by atoms with E-state index in [1.807, 2.05) is 13.0 Å². The normalized spacial score (nSPS) is 9.89. The van der Waals surface area contributed by atoms with Gasteiger partial charge in [-0.15, -0.1) is 0 Å². The van der Waals surface area contributed by atoms with Crippen molar-refractivity contribution in [2.24, 2.45) is 0 Å². The number of hydrogen-bond donors (Lipinski definition) is 0. The summed E-state index contributed by atoms with van der Waals surface area (Å²) in [5.74, 6) is 0.176. The van der Waals surface area contributed by atoms with Crippen LogP contribution in [0.4, 0.5) is 0 Å². The number of nitrogens with zero attached hydrogens (tertiary/aromatic N) is 3. The highest BCUT2D eigenvalue weighted by atomic mass is 16.5. The molecule has 0 saturated carbocycles. The van der Waals surface area contributed by atoms with Crippen LogP contribution in [0.2, 0.25) is 0 Å². The zero-order valence-electron chi connectivity index (χ0n) is 9.95. The van der Waals surface area contributed by atoms with Gasteiger partial charge in [0.15, 0.2) is 5.69 Å². The highest BCUT2D eigenvalue weighted by Gasteiger charge is 2.09. The number of hydrogen-bond acceptors (Lipinski definition) is 6. The number of carbonyl (C=O) groups is 1. The number of methoxy groups -OCH3 is 1. The molecule has 0 spiro atoms. The Morgan fingerprint density at radius 3 is 2.72 bits per heavy atom. The molecule has 2 aromatic rings. The van der Waals surface area contributed by atoms with Crippen molar-refractivity contribution >= 4 is 5.97 Å². The number of rotatable bonds is 3. The zero-order valence-corrected chi connectivity index (χ0v) is 9.95. The lowest BCUT2D eigenvalue weighted by atomic mass is 10.4. The lowest BCUT2D eigenvalue weighted by Crippen LogP contribution is -2.05. The molecule has 0 aliphatic rings. The predicted octanol–water partition coefficient (Wildman–Crippen LogP) is 1.76. The quantitative estimate of drug-likeness (QED) is 0.767. The smallest absolute Gasteiger partial charge is 0.358 e. The molecule has 18 heavy (non-hydrogen) atoms. The molecule has 6 nitrogen and oxygen atoms in total. The average Bonchev–Trinajstić information content (AvgIpc) is 2.41. The minimum atomic E-state index is -0.560. The Bertz CT molecular complexity index is 555. The SMILES string of the molecule is COC(=O)c1cncc(Oc2ccc(C)nc2)n1. The van der Waals surface area contributed by atoms with E-state index >= 15 is 0 Å². The van der Waals surface area contributed by atoms with Gasteiger partial charge in [0.1, 0.15) is 5.75 Å². The summed E-state index contributed by atoms with van der Waals surface area (Å²) < 4.78 is 9.97. The van der Waals surface area contributed by atoms with Gasteiger partial charge in [-0.2, -0.15) is 0 Å². The fraction of sp³-hybridized carbons (Fsp3) is 0.167. The number of pyridine rings is 1. The minimum absolute atomic E-state index is 0.0927. The van der Waals surface area contributed by atoms with E-state index in [1.165, 1.54) is 19.5 Å². The number of ether oxygens (including phenoxy) is 2. The molecular weight excluding hydrogens is 234 g/mol. The number of esters is 1. The summed E-state index contributed by atoms with van der Waals surface area (Å²) in [6, 6.07) is 3.57. The van der Waals surface area contributed by atoms with Crippen molar-refractivity contribution in [3.8, 4) is 11.6 Å². The summed E-state index contributed by atoms with van der Waals surface area (Å²) in [4.78, 5) is 23.2. The Hall–Kier alpha value is -2.50. The van der Waals surface area contributed by atoms with Crippen molar-refractivity contribution in [2.45, 2.75) is 6.92 Å². The lowest BCUT2D eigenvalue weighted by Gasteiger charge is -2.05. The van der Waals surface area contributed by atoms with Gasteiger partial charge in [-0.3, -0.25) is 9.97 Å². The second-order valence-electron chi connectivity index (χ2n) is 3.47. The maximum Gasteiger partial charge on any atom is 0.358 e. The van der Waals surface area contributed by atoms with Gasteiger partial charge in [-0.05, 0) is 19.1 Å². The molecule has 0 saturated heterocycles. The fourth-order valence-electron chi connectivity index (χ4n) is 1.24. The number of aromatic nitrogens is 3. The third kappa shape index (κ3) is 2.79. The average molecular weight is 245 g/mol. The third-order valence-electron chi connectivity index (χ3n) is 2.11. The van der Waals surface area contributed by atoms with Gasteiger partial charge in [0.05, 0.1) is 25.7 Å². The van der Waals surface area contributed by atoms with Gasteiger partial charge in [0, 0.05) is 5.69 Å². The van der Waals surface area contributed by atoms with Gasteiger partial charge in [0.25, 0.3) is 0 Å². The molecule has 2 aromatic heterocycles. The maximum atomic E-state index is 11.3. The summed E-state index contributed by atoms with van der Waals surface area (Å²) in [6.07, 6.45) is 4.29. The summed E-state index contributed by atoms with van der Waals surface area (Å²) in [6.45, 7) is 1.88. The van der Waals surface area contributed by atoms with Crippen LogP contribution >= 0.6 is 0 Å². The van der Waals surface area contributed by atoms with E-state index in [4.69, 9.17) is 4.74 Å². The van der Waals surface area contributed by atoms with E-state index in [1.54, 1.807) is 12.3 Å². The van der Waals surface area contributed by atoms with Gasteiger partial charge >= 0.3 is 5.97 Å². The van der Waals surface area contributed by atoms with Gasteiger partial charge in [-0.1, -0.05) is 0 Å². The largest absolute Gasteiger partial charge is 0.464 e. The monoisotopic (exact) mass is 245 g/mol. The second-order valence-corrected chi connectivity index (χ2v) is 3.47. The highest BCUT2D eigenvalue weighted by Crippen LogP contribution is 2.17. The van der Waals surface area contributed by atoms with Crippen LogP contribution in [0.5, 0.6) is 11.6 Å². The zero-order chi connectivity index (χ0) is 13.0. The maximum absolute atomic E-state index is 11.3. The number of carbonyl (C=O) groups excluding carboxylic acids is 1. The van der Waals surface area contributed by atoms with Crippen LogP contribution in [-0.2, 0) is 4.74 Å². The highest BCUT2D eigenvalue weighted by molar-refractivity contribution is 5.86. The first-order valence-corrected chi connectivity index (χ1v) is 5.20. The molecule has 2 heterocycles. The van der Waals surface area contributed by atoms with Crippen LogP contribution in [-0.4, -0.2) is 28.0 Å². The van der Waals surface area contributed by atoms with Crippen molar-refractivity contribution in [3.05, 3.63) is 42.1 Å². The van der Waals surface area contributed by atoms with Crippen LogP contribution < -0.4 is 4.74 Å². The van der Waals surface area contributed by atoms with E-state index in [2.05, 4.69) is 19.7 Å². The molecule has 0 aliphatic carbocycles. The van der Waals surface area contributed by atoms with E-state index in [9.17, 15) is 4.79 Å². The van der Waals surface area contributed by atoms with Crippen LogP contribution in [0.1, 0.15) is 16.2 Å². The Labute approximate surface area is 104 Å². The first-order chi connectivity index (χ1) is 8.69. The third-order valence-corrected chi connectivity index (χ3v) is 2.11. The van der Waals surface area contributed by atoms with E-state index in [0.29, 0.717) is 5.75 Å². The predicted molar refractivity (Wildman–Crippen MR) is 62.4 cm³/mol. The van der Waals surface area contributed by atoms with E-state index < -0.39 is 5.97 Å². The molecule has 0 aliphatic heterocycles. The van der Waals surface area contributed by atoms with Gasteiger partial charge in [-0.25, -0.2) is 9.78 Å². The summed E-state index contributed by atoms with van der Waals surface area (Å²) in [5, 5.41) is 0. The Morgan fingerprint density at radius 2 is 2.06 bits per heavy atom. The minimum Gasteiger partial charge on any atom is -0.464 e. The fourth-order valence-corrected chi connectivity index (χ4v) is 1.24. The summed E-state index contributed by atoms with van der Waals surface area (Å²) in [5.41, 5.74) is 0.979. The van der Waals surface area contributed by atoms with Crippen molar-refractivity contribution in [1.29, 1.82) is 0 Å². The number of aryl methyl sites for hydroxylation is 1. The van der Waals surface area contributed by atoms with Crippen LogP contribution in [0.3, 0.4) is 0 Å². The molecule has 0 radical (unpaired) electrons. The summed E-state index contributed by atoms with van der Waals surface area (Å²) >= 11 is 0. The molecule has 6 heteroatoms. The van der Waals surface area contributed by atoms with Crippen molar-refractivity contribution in [3.63, 3.8) is 0 Å². The molecule has 0 fully saturated rings. The molecule has 2 rings (SSSR count). The summed E-state index contributed by atoms with van der Waals surface area (Å²) in [7, 11) is 1.28. The molecule has 0 bridgehead atoms. The van der Waals surface area contributed by atoms with Crippen LogP contribution in [0.25, 0.3) is 0 Å². The Morgan fingerprint density at radius 1 is 1.22 bits per heavy atom. The van der Waals surface area contributed by atoms with Crippen molar-refractivity contribution in [1.82, 2.24) is 15.0 Å². The van der Waals surface area contributed by atoms with Crippen LogP contribution in [0.15, 0.2) is 30.7 Å². The van der Waals surface area contributed by atoms with E-state index in [-0.39, 0.29) is 11.6 Å². The molecule has 0 unspecified atom stereocenters. The molecule has 0 atom stereocenters. The Kier molecular flexibility index (Phi) is 3.47. The van der Waals surface area contributed by atoms with Gasteiger partial charge in [0.2, 0.25) is 5.88 Å². The van der Waals surface area contributed by atoms with Crippen molar-refractivity contribution in [2.75, 3.05) is 7.11 Å². The molecule has 92 valence electrons.